The molecule has 1 amide bonds. The Morgan fingerprint density at radius 2 is 2.00 bits per heavy atom. The van der Waals surface area contributed by atoms with Gasteiger partial charge < -0.3 is 14.5 Å². The third-order valence-electron chi connectivity index (χ3n) is 6.29. The quantitative estimate of drug-likeness (QED) is 0.764. The monoisotopic (exact) mass is 376 g/mol. The molecule has 0 unspecified atom stereocenters. The molecule has 5 heteroatoms. The summed E-state index contributed by atoms with van der Waals surface area (Å²) in [6.45, 7) is 10.2. The minimum atomic E-state index is -0.292. The predicted molar refractivity (Wildman–Crippen MR) is 105 cm³/mol. The molecule has 4 nitrogen and oxygen atoms in total. The molecule has 2 aliphatic rings. The lowest BCUT2D eigenvalue weighted by atomic mass is 9.71. The SMILES string of the molecule is COC[C@@H]1CN(CC(C)C)CC12CCN(C(=O)Cc1ccccc1F)CC2. The zero-order chi connectivity index (χ0) is 19.4. The Kier molecular flexibility index (Phi) is 6.53. The van der Waals surface area contributed by atoms with E-state index in [9.17, 15) is 9.18 Å². The number of carbonyl (C=O) groups excluding carboxylic acids is 1. The van der Waals surface area contributed by atoms with E-state index in [0.717, 1.165) is 52.2 Å². The third-order valence-corrected chi connectivity index (χ3v) is 6.29. The fraction of sp³-hybridized carbons (Fsp3) is 0.682. The summed E-state index contributed by atoms with van der Waals surface area (Å²) in [4.78, 5) is 17.2. The Morgan fingerprint density at radius 1 is 1.30 bits per heavy atom. The molecule has 2 fully saturated rings. The number of nitrogens with zero attached hydrogens (tertiary/aromatic N) is 2. The molecular formula is C22H33FN2O2. The van der Waals surface area contributed by atoms with Crippen LogP contribution in [-0.4, -0.2) is 62.1 Å². The molecule has 27 heavy (non-hydrogen) atoms. The second kappa shape index (κ2) is 8.70. The van der Waals surface area contributed by atoms with E-state index < -0.39 is 0 Å². The van der Waals surface area contributed by atoms with Crippen molar-refractivity contribution in [3.05, 3.63) is 35.6 Å². The lowest BCUT2D eigenvalue weighted by Crippen LogP contribution is -2.47. The maximum absolute atomic E-state index is 13.9. The number of hydrogen-bond acceptors (Lipinski definition) is 3. The van der Waals surface area contributed by atoms with E-state index >= 15 is 0 Å². The summed E-state index contributed by atoms with van der Waals surface area (Å²) >= 11 is 0. The molecule has 1 spiro atoms. The zero-order valence-corrected chi connectivity index (χ0v) is 16.9. The summed E-state index contributed by atoms with van der Waals surface area (Å²) in [7, 11) is 1.78. The van der Waals surface area contributed by atoms with Crippen molar-refractivity contribution in [1.82, 2.24) is 9.80 Å². The summed E-state index contributed by atoms with van der Waals surface area (Å²) in [6.07, 6.45) is 2.18. The van der Waals surface area contributed by atoms with Gasteiger partial charge >= 0.3 is 0 Å². The van der Waals surface area contributed by atoms with Crippen molar-refractivity contribution in [2.24, 2.45) is 17.3 Å². The molecule has 2 saturated heterocycles. The van der Waals surface area contributed by atoms with Crippen LogP contribution in [0.3, 0.4) is 0 Å². The fourth-order valence-corrected chi connectivity index (χ4v) is 4.91. The van der Waals surface area contributed by atoms with E-state index in [1.165, 1.54) is 6.07 Å². The second-order valence-electron chi connectivity index (χ2n) is 8.75. The summed E-state index contributed by atoms with van der Waals surface area (Å²) in [6, 6.07) is 6.57. The van der Waals surface area contributed by atoms with Crippen LogP contribution in [0, 0.1) is 23.1 Å². The smallest absolute Gasteiger partial charge is 0.227 e. The second-order valence-corrected chi connectivity index (χ2v) is 8.75. The van der Waals surface area contributed by atoms with Crippen LogP contribution in [0.15, 0.2) is 24.3 Å². The average Bonchev–Trinajstić information content (AvgIpc) is 2.93. The minimum Gasteiger partial charge on any atom is -0.384 e. The Balaban J connectivity index is 1.61. The van der Waals surface area contributed by atoms with Gasteiger partial charge in [-0.3, -0.25) is 4.79 Å². The van der Waals surface area contributed by atoms with Gasteiger partial charge in [-0.25, -0.2) is 4.39 Å². The molecule has 0 bridgehead atoms. The molecule has 0 aromatic heterocycles. The van der Waals surface area contributed by atoms with Gasteiger partial charge in [-0.15, -0.1) is 0 Å². The maximum atomic E-state index is 13.9. The van der Waals surface area contributed by atoms with E-state index in [-0.39, 0.29) is 23.6 Å². The Labute approximate surface area is 162 Å². The number of benzene rings is 1. The number of carbonyl (C=O) groups is 1. The first kappa shape index (κ1) is 20.3. The van der Waals surface area contributed by atoms with Gasteiger partial charge in [0.2, 0.25) is 5.91 Å². The largest absolute Gasteiger partial charge is 0.384 e. The van der Waals surface area contributed by atoms with Gasteiger partial charge in [0, 0.05) is 45.8 Å². The lowest BCUT2D eigenvalue weighted by Gasteiger charge is -2.42. The van der Waals surface area contributed by atoms with Crippen LogP contribution in [0.1, 0.15) is 32.3 Å². The summed E-state index contributed by atoms with van der Waals surface area (Å²) in [5.41, 5.74) is 0.740. The molecule has 0 N–H and O–H groups in total. The molecule has 1 atom stereocenters. The number of amides is 1. The Bertz CT molecular complexity index is 641. The fourth-order valence-electron chi connectivity index (χ4n) is 4.91. The molecule has 0 saturated carbocycles. The van der Waals surface area contributed by atoms with Crippen molar-refractivity contribution >= 4 is 5.91 Å². The van der Waals surface area contributed by atoms with Gasteiger partial charge in [0.15, 0.2) is 0 Å². The molecule has 0 aliphatic carbocycles. The zero-order valence-electron chi connectivity index (χ0n) is 16.9. The van der Waals surface area contributed by atoms with Crippen LogP contribution in [-0.2, 0) is 16.0 Å². The van der Waals surface area contributed by atoms with E-state index in [4.69, 9.17) is 4.74 Å². The molecule has 2 aliphatic heterocycles. The number of likely N-dealkylation sites (tertiary alicyclic amines) is 2. The van der Waals surface area contributed by atoms with Crippen LogP contribution in [0.4, 0.5) is 4.39 Å². The normalized spacial score (nSPS) is 22.7. The molecule has 1 aromatic carbocycles. The van der Waals surface area contributed by atoms with Crippen molar-refractivity contribution in [1.29, 1.82) is 0 Å². The van der Waals surface area contributed by atoms with Gasteiger partial charge in [0.1, 0.15) is 5.82 Å². The lowest BCUT2D eigenvalue weighted by molar-refractivity contribution is -0.133. The first-order valence-corrected chi connectivity index (χ1v) is 10.2. The number of methoxy groups -OCH3 is 1. The number of piperidine rings is 1. The van der Waals surface area contributed by atoms with E-state index in [0.29, 0.717) is 17.4 Å². The first-order valence-electron chi connectivity index (χ1n) is 10.2. The number of hydrogen-bond donors (Lipinski definition) is 0. The summed E-state index contributed by atoms with van der Waals surface area (Å²) in [5.74, 6) is 0.936. The highest BCUT2D eigenvalue weighted by Gasteiger charge is 2.48. The number of rotatable bonds is 6. The molecule has 0 radical (unpaired) electrons. The van der Waals surface area contributed by atoms with Gasteiger partial charge in [-0.1, -0.05) is 32.0 Å². The van der Waals surface area contributed by atoms with E-state index in [1.807, 2.05) is 4.90 Å². The molecule has 3 rings (SSSR count). The molecule has 1 aromatic rings. The molecule has 150 valence electrons. The predicted octanol–water partition coefficient (Wildman–Crippen LogP) is 3.21. The third kappa shape index (κ3) is 4.69. The first-order chi connectivity index (χ1) is 12.9. The summed E-state index contributed by atoms with van der Waals surface area (Å²) in [5, 5.41) is 0. The maximum Gasteiger partial charge on any atom is 0.227 e. The van der Waals surface area contributed by atoms with Crippen LogP contribution < -0.4 is 0 Å². The standard InChI is InChI=1S/C22H33FN2O2/c1-17(2)13-24-14-19(15-27-3)22(16-24)8-10-25(11-9-22)21(26)12-18-6-4-5-7-20(18)23/h4-7,17,19H,8-16H2,1-3H3/t19-/m0/s1. The van der Waals surface area contributed by atoms with Crippen molar-refractivity contribution < 1.29 is 13.9 Å². The van der Waals surface area contributed by atoms with Gasteiger partial charge in [-0.2, -0.15) is 0 Å². The van der Waals surface area contributed by atoms with Crippen LogP contribution in [0.25, 0.3) is 0 Å². The van der Waals surface area contributed by atoms with Gasteiger partial charge in [0.25, 0.3) is 0 Å². The van der Waals surface area contributed by atoms with Crippen LogP contribution in [0.2, 0.25) is 0 Å². The molecule has 2 heterocycles. The van der Waals surface area contributed by atoms with Crippen molar-refractivity contribution in [2.75, 3.05) is 46.4 Å². The number of ether oxygens (including phenoxy) is 1. The van der Waals surface area contributed by atoms with Crippen LogP contribution in [0.5, 0.6) is 0 Å². The summed E-state index contributed by atoms with van der Waals surface area (Å²) < 4.78 is 19.4. The van der Waals surface area contributed by atoms with E-state index in [1.54, 1.807) is 25.3 Å². The highest BCUT2D eigenvalue weighted by atomic mass is 19.1. The molecular weight excluding hydrogens is 343 g/mol. The number of halogens is 1. The minimum absolute atomic E-state index is 0.0373. The van der Waals surface area contributed by atoms with E-state index in [2.05, 4.69) is 18.7 Å². The van der Waals surface area contributed by atoms with Crippen molar-refractivity contribution in [2.45, 2.75) is 33.1 Å². The topological polar surface area (TPSA) is 32.8 Å². The highest BCUT2D eigenvalue weighted by Crippen LogP contribution is 2.45. The van der Waals surface area contributed by atoms with Crippen molar-refractivity contribution in [3.8, 4) is 0 Å². The average molecular weight is 377 g/mol. The van der Waals surface area contributed by atoms with Gasteiger partial charge in [0.05, 0.1) is 13.0 Å². The van der Waals surface area contributed by atoms with Crippen molar-refractivity contribution in [3.63, 3.8) is 0 Å². The Hall–Kier alpha value is -1.46. The van der Waals surface area contributed by atoms with Crippen LogP contribution >= 0.6 is 0 Å². The Morgan fingerprint density at radius 3 is 2.63 bits per heavy atom. The highest BCUT2D eigenvalue weighted by molar-refractivity contribution is 5.79. The van der Waals surface area contributed by atoms with Gasteiger partial charge in [-0.05, 0) is 35.8 Å².